The summed E-state index contributed by atoms with van der Waals surface area (Å²) in [6, 6.07) is 2.38. The lowest BCUT2D eigenvalue weighted by atomic mass is 9.69. The molecule has 1 aromatic rings. The normalized spacial score (nSPS) is 25.6. The molecule has 1 aromatic carbocycles. The molecule has 0 saturated carbocycles. The van der Waals surface area contributed by atoms with E-state index in [1.807, 2.05) is 0 Å². The number of carbonyl (C=O) groups excluding carboxylic acids is 1. The summed E-state index contributed by atoms with van der Waals surface area (Å²) in [5.74, 6) is -3.01. The average molecular weight is 429 g/mol. The van der Waals surface area contributed by atoms with Crippen molar-refractivity contribution < 1.29 is 30.8 Å². The standard InChI is InChI=1S/C20H19F4NO3S/c1-19(2)7-5-13-16(18(19)26)15(17-14(25-13)6-8-29(17,27)28)10-3-4-11(12(21)9-10)20(22,23)24/h3-4,9,15,25H,5-8H2,1-2H3. The lowest BCUT2D eigenvalue weighted by Crippen LogP contribution is -2.39. The average Bonchev–Trinajstić information content (AvgIpc) is 2.90. The number of dihydropyridines is 1. The highest BCUT2D eigenvalue weighted by Gasteiger charge is 2.48. The number of nitrogens with one attached hydrogen (secondary N) is 1. The van der Waals surface area contributed by atoms with Crippen LogP contribution in [0.25, 0.3) is 0 Å². The Balaban J connectivity index is 1.94. The van der Waals surface area contributed by atoms with Crippen LogP contribution in [-0.4, -0.2) is 20.0 Å². The first kappa shape index (κ1) is 20.1. The number of ketones is 1. The van der Waals surface area contributed by atoms with Gasteiger partial charge < -0.3 is 5.32 Å². The molecule has 3 aliphatic rings. The van der Waals surface area contributed by atoms with Gasteiger partial charge in [0.2, 0.25) is 0 Å². The number of benzene rings is 1. The van der Waals surface area contributed by atoms with Crippen molar-refractivity contribution in [1.29, 1.82) is 0 Å². The van der Waals surface area contributed by atoms with Crippen LogP contribution in [0.2, 0.25) is 0 Å². The zero-order chi connectivity index (χ0) is 21.4. The molecule has 0 radical (unpaired) electrons. The SMILES string of the molecule is CC1(C)CCC2=C(C1=O)C(c1ccc(C(F)(F)F)c(F)c1)C1=C(CCS1(=O)=O)N2. The van der Waals surface area contributed by atoms with E-state index in [1.54, 1.807) is 13.8 Å². The maximum atomic E-state index is 14.3. The van der Waals surface area contributed by atoms with Gasteiger partial charge in [0, 0.05) is 28.8 Å². The summed E-state index contributed by atoms with van der Waals surface area (Å²) in [6.45, 7) is 3.49. The molecule has 2 aliphatic heterocycles. The van der Waals surface area contributed by atoms with Crippen molar-refractivity contribution in [3.63, 3.8) is 0 Å². The van der Waals surface area contributed by atoms with E-state index in [2.05, 4.69) is 5.32 Å². The molecule has 4 rings (SSSR count). The minimum absolute atomic E-state index is 0.0264. The largest absolute Gasteiger partial charge is 0.419 e. The van der Waals surface area contributed by atoms with E-state index in [-0.39, 0.29) is 34.0 Å². The van der Waals surface area contributed by atoms with Crippen LogP contribution >= 0.6 is 0 Å². The molecular weight excluding hydrogens is 410 g/mol. The zero-order valence-electron chi connectivity index (χ0n) is 15.8. The van der Waals surface area contributed by atoms with Crippen molar-refractivity contribution in [2.24, 2.45) is 5.41 Å². The number of halogens is 4. The number of allylic oxidation sites excluding steroid dienone is 4. The molecule has 1 aliphatic carbocycles. The topological polar surface area (TPSA) is 63.2 Å². The number of sulfone groups is 1. The van der Waals surface area contributed by atoms with Gasteiger partial charge in [-0.15, -0.1) is 0 Å². The van der Waals surface area contributed by atoms with E-state index in [4.69, 9.17) is 0 Å². The van der Waals surface area contributed by atoms with Crippen LogP contribution in [0, 0.1) is 11.2 Å². The van der Waals surface area contributed by atoms with Gasteiger partial charge in [-0.05, 0) is 30.5 Å². The maximum absolute atomic E-state index is 14.3. The van der Waals surface area contributed by atoms with Crippen LogP contribution in [0.3, 0.4) is 0 Å². The monoisotopic (exact) mass is 429 g/mol. The van der Waals surface area contributed by atoms with E-state index >= 15 is 0 Å². The minimum Gasteiger partial charge on any atom is -0.361 e. The van der Waals surface area contributed by atoms with Crippen LogP contribution in [0.4, 0.5) is 17.6 Å². The minimum atomic E-state index is -4.87. The Kier molecular flexibility index (Phi) is 4.28. The number of carbonyl (C=O) groups is 1. The first-order valence-electron chi connectivity index (χ1n) is 9.20. The fourth-order valence-corrected chi connectivity index (χ4v) is 6.16. The molecule has 0 bridgehead atoms. The van der Waals surface area contributed by atoms with E-state index in [1.165, 1.54) is 0 Å². The third kappa shape index (κ3) is 3.10. The molecule has 1 unspecified atom stereocenters. The summed E-state index contributed by atoms with van der Waals surface area (Å²) < 4.78 is 78.7. The lowest BCUT2D eigenvalue weighted by Gasteiger charge is -2.38. The second kappa shape index (κ2) is 6.17. The van der Waals surface area contributed by atoms with Crippen molar-refractivity contribution in [2.75, 3.05) is 5.75 Å². The molecule has 29 heavy (non-hydrogen) atoms. The predicted octanol–water partition coefficient (Wildman–Crippen LogP) is 4.20. The molecule has 0 aromatic heterocycles. The molecule has 1 atom stereocenters. The molecule has 0 spiro atoms. The van der Waals surface area contributed by atoms with Gasteiger partial charge in [0.15, 0.2) is 15.6 Å². The quantitative estimate of drug-likeness (QED) is 0.680. The Morgan fingerprint density at radius 1 is 1.14 bits per heavy atom. The smallest absolute Gasteiger partial charge is 0.361 e. The van der Waals surface area contributed by atoms with Gasteiger partial charge in [-0.25, -0.2) is 12.8 Å². The molecule has 9 heteroatoms. The summed E-state index contributed by atoms with van der Waals surface area (Å²) in [5.41, 5.74) is -0.901. The molecule has 0 amide bonds. The fourth-order valence-electron chi connectivity index (χ4n) is 4.33. The Morgan fingerprint density at radius 3 is 2.45 bits per heavy atom. The summed E-state index contributed by atoms with van der Waals surface area (Å²) in [6.07, 6.45) is -3.58. The van der Waals surface area contributed by atoms with Crippen LogP contribution < -0.4 is 5.32 Å². The summed E-state index contributed by atoms with van der Waals surface area (Å²) in [7, 11) is -3.72. The van der Waals surface area contributed by atoms with Crippen LogP contribution in [0.5, 0.6) is 0 Å². The molecule has 2 heterocycles. The molecule has 156 valence electrons. The molecule has 0 fully saturated rings. The Labute approximate surface area is 165 Å². The van der Waals surface area contributed by atoms with Crippen LogP contribution in [0.1, 0.15) is 50.2 Å². The number of Topliss-reactive ketones (excluding diaryl/α,β-unsaturated/α-hetero) is 1. The Morgan fingerprint density at radius 2 is 1.83 bits per heavy atom. The zero-order valence-corrected chi connectivity index (χ0v) is 16.6. The van der Waals surface area contributed by atoms with Gasteiger partial charge in [0.05, 0.1) is 22.1 Å². The lowest BCUT2D eigenvalue weighted by molar-refractivity contribution is -0.140. The second-order valence-corrected chi connectivity index (χ2v) is 10.4. The van der Waals surface area contributed by atoms with E-state index in [0.29, 0.717) is 36.4 Å². The number of alkyl halides is 3. The van der Waals surface area contributed by atoms with Crippen molar-refractivity contribution in [3.05, 3.63) is 57.0 Å². The van der Waals surface area contributed by atoms with Gasteiger partial charge in [-0.1, -0.05) is 19.9 Å². The molecular formula is C20H19F4NO3S. The van der Waals surface area contributed by atoms with Crippen molar-refractivity contribution in [2.45, 2.75) is 45.2 Å². The van der Waals surface area contributed by atoms with Gasteiger partial charge in [-0.2, -0.15) is 13.2 Å². The van der Waals surface area contributed by atoms with Crippen molar-refractivity contribution in [1.82, 2.24) is 5.32 Å². The predicted molar refractivity (Wildman–Crippen MR) is 97.8 cm³/mol. The maximum Gasteiger partial charge on any atom is 0.419 e. The third-order valence-electron chi connectivity index (χ3n) is 5.92. The molecule has 1 N–H and O–H groups in total. The first-order valence-corrected chi connectivity index (χ1v) is 10.9. The van der Waals surface area contributed by atoms with Crippen LogP contribution in [-0.2, 0) is 20.8 Å². The van der Waals surface area contributed by atoms with Crippen molar-refractivity contribution in [3.8, 4) is 0 Å². The highest BCUT2D eigenvalue weighted by molar-refractivity contribution is 7.95. The Bertz CT molecular complexity index is 1100. The molecule has 4 nitrogen and oxygen atoms in total. The van der Waals surface area contributed by atoms with Gasteiger partial charge in [0.25, 0.3) is 0 Å². The molecule has 0 saturated heterocycles. The highest BCUT2D eigenvalue weighted by atomic mass is 32.2. The fraction of sp³-hybridized carbons (Fsp3) is 0.450. The first-order chi connectivity index (χ1) is 13.3. The van der Waals surface area contributed by atoms with Crippen LogP contribution in [0.15, 0.2) is 40.1 Å². The van der Waals surface area contributed by atoms with Gasteiger partial charge in [0.1, 0.15) is 5.82 Å². The number of rotatable bonds is 1. The summed E-state index contributed by atoms with van der Waals surface area (Å²) in [4.78, 5) is 13.2. The van der Waals surface area contributed by atoms with Crippen molar-refractivity contribution >= 4 is 15.6 Å². The Hall–Kier alpha value is -2.16. The van der Waals surface area contributed by atoms with Gasteiger partial charge in [-0.3, -0.25) is 4.79 Å². The summed E-state index contributed by atoms with van der Waals surface area (Å²) in [5, 5.41) is 3.08. The number of hydrogen-bond acceptors (Lipinski definition) is 4. The van der Waals surface area contributed by atoms with E-state index < -0.39 is 38.7 Å². The highest BCUT2D eigenvalue weighted by Crippen LogP contribution is 2.50. The number of hydrogen-bond donors (Lipinski definition) is 1. The van der Waals surface area contributed by atoms with E-state index in [0.717, 1.165) is 6.07 Å². The summed E-state index contributed by atoms with van der Waals surface area (Å²) >= 11 is 0. The van der Waals surface area contributed by atoms with E-state index in [9.17, 15) is 30.8 Å². The second-order valence-electron chi connectivity index (χ2n) is 8.31. The third-order valence-corrected chi connectivity index (χ3v) is 7.82. The van der Waals surface area contributed by atoms with Gasteiger partial charge >= 0.3 is 6.18 Å².